The number of amides is 1. The average Bonchev–Trinajstić information content (AvgIpc) is 3.03. The third kappa shape index (κ3) is 3.27. The first-order chi connectivity index (χ1) is 12.0. The second-order valence-electron chi connectivity index (χ2n) is 7.41. The number of piperidine rings is 1. The van der Waals surface area contributed by atoms with E-state index >= 15 is 0 Å². The number of carbonyl (C=O) groups excluding carboxylic acids is 1. The van der Waals surface area contributed by atoms with Crippen molar-refractivity contribution in [3.8, 4) is 0 Å². The van der Waals surface area contributed by atoms with E-state index in [4.69, 9.17) is 5.73 Å². The molecule has 3 atom stereocenters. The van der Waals surface area contributed by atoms with Gasteiger partial charge in [0, 0.05) is 24.8 Å². The number of nitrogens with zero attached hydrogens (tertiary/aromatic N) is 4. The lowest BCUT2D eigenvalue weighted by Gasteiger charge is -2.38. The summed E-state index contributed by atoms with van der Waals surface area (Å²) in [5.41, 5.74) is 8.29. The molecule has 0 radical (unpaired) electrons. The van der Waals surface area contributed by atoms with Crippen molar-refractivity contribution in [3.05, 3.63) is 23.5 Å². The Morgan fingerprint density at radius 2 is 2.24 bits per heavy atom. The molecule has 0 saturated carbocycles. The van der Waals surface area contributed by atoms with E-state index in [0.717, 1.165) is 42.5 Å². The van der Waals surface area contributed by atoms with Crippen LogP contribution in [-0.4, -0.2) is 44.7 Å². The summed E-state index contributed by atoms with van der Waals surface area (Å²) < 4.78 is 1.93. The number of aromatic nitrogens is 3. The van der Waals surface area contributed by atoms with Gasteiger partial charge in [0.25, 0.3) is 5.91 Å². The summed E-state index contributed by atoms with van der Waals surface area (Å²) >= 11 is 0. The highest BCUT2D eigenvalue weighted by molar-refractivity contribution is 6.05. The molecule has 1 amide bonds. The number of carbonyl (C=O) groups is 1. The van der Waals surface area contributed by atoms with Crippen molar-refractivity contribution >= 4 is 16.9 Å². The zero-order chi connectivity index (χ0) is 18.1. The van der Waals surface area contributed by atoms with Crippen molar-refractivity contribution in [2.45, 2.75) is 59.0 Å². The molecule has 0 aromatic carbocycles. The van der Waals surface area contributed by atoms with Gasteiger partial charge < -0.3 is 10.6 Å². The Kier molecular flexibility index (Phi) is 5.08. The number of pyridine rings is 1. The van der Waals surface area contributed by atoms with Crippen molar-refractivity contribution in [1.82, 2.24) is 19.7 Å². The predicted octanol–water partition coefficient (Wildman–Crippen LogP) is 2.91. The summed E-state index contributed by atoms with van der Waals surface area (Å²) in [7, 11) is 0. The summed E-state index contributed by atoms with van der Waals surface area (Å²) in [5.74, 6) is 0.673. The summed E-state index contributed by atoms with van der Waals surface area (Å²) in [6, 6.07) is 2.26. The van der Waals surface area contributed by atoms with Gasteiger partial charge in [-0.3, -0.25) is 4.79 Å². The summed E-state index contributed by atoms with van der Waals surface area (Å²) in [6.45, 7) is 9.69. The van der Waals surface area contributed by atoms with Gasteiger partial charge in [0.05, 0.1) is 23.2 Å². The van der Waals surface area contributed by atoms with Crippen LogP contribution in [0, 0.1) is 12.8 Å². The van der Waals surface area contributed by atoms with Gasteiger partial charge in [0.15, 0.2) is 5.65 Å². The lowest BCUT2D eigenvalue weighted by molar-refractivity contribution is 0.0575. The van der Waals surface area contributed by atoms with Crippen LogP contribution in [0.3, 0.4) is 0 Å². The monoisotopic (exact) mass is 343 g/mol. The highest BCUT2D eigenvalue weighted by Crippen LogP contribution is 2.27. The van der Waals surface area contributed by atoms with Crippen LogP contribution in [0.15, 0.2) is 12.3 Å². The molecule has 0 bridgehead atoms. The van der Waals surface area contributed by atoms with Crippen LogP contribution in [0.25, 0.3) is 11.0 Å². The van der Waals surface area contributed by atoms with Crippen molar-refractivity contribution in [2.24, 2.45) is 11.7 Å². The fraction of sp³-hybridized carbons (Fsp3) is 0.632. The number of hydrogen-bond donors (Lipinski definition) is 1. The van der Waals surface area contributed by atoms with Gasteiger partial charge in [0.1, 0.15) is 0 Å². The second kappa shape index (κ2) is 7.12. The van der Waals surface area contributed by atoms with Gasteiger partial charge >= 0.3 is 0 Å². The van der Waals surface area contributed by atoms with Gasteiger partial charge in [-0.1, -0.05) is 13.8 Å². The van der Waals surface area contributed by atoms with Crippen LogP contribution in [0.5, 0.6) is 0 Å². The van der Waals surface area contributed by atoms with Crippen LogP contribution in [-0.2, 0) is 0 Å². The highest BCUT2D eigenvalue weighted by atomic mass is 16.2. The summed E-state index contributed by atoms with van der Waals surface area (Å²) in [6.07, 6.45) is 4.75. The molecule has 6 heteroatoms. The minimum atomic E-state index is 0.0570. The molecule has 0 aliphatic carbocycles. The maximum Gasteiger partial charge on any atom is 0.255 e. The van der Waals surface area contributed by atoms with Crippen LogP contribution in [0.1, 0.15) is 62.1 Å². The standard InChI is InChI=1S/C19H29N5O/c1-5-14(4)24-18-17(11-21-24)16(9-13(3)22-18)19(25)23-7-6-12(2)8-15(23)10-20/h9,11-12,14-15H,5-8,10,20H2,1-4H3. The molecule has 2 aromatic heterocycles. The molecular formula is C19H29N5O. The zero-order valence-electron chi connectivity index (χ0n) is 15.7. The molecular weight excluding hydrogens is 314 g/mol. The average molecular weight is 343 g/mol. The molecule has 6 nitrogen and oxygen atoms in total. The molecule has 1 aliphatic rings. The second-order valence-corrected chi connectivity index (χ2v) is 7.41. The summed E-state index contributed by atoms with van der Waals surface area (Å²) in [4.78, 5) is 19.9. The molecule has 136 valence electrons. The predicted molar refractivity (Wildman–Crippen MR) is 99.5 cm³/mol. The van der Waals surface area contributed by atoms with E-state index in [1.165, 1.54) is 0 Å². The van der Waals surface area contributed by atoms with Crippen molar-refractivity contribution < 1.29 is 4.79 Å². The van der Waals surface area contributed by atoms with Gasteiger partial charge in [-0.15, -0.1) is 0 Å². The Hall–Kier alpha value is -1.95. The van der Waals surface area contributed by atoms with E-state index in [-0.39, 0.29) is 18.0 Å². The highest BCUT2D eigenvalue weighted by Gasteiger charge is 2.31. The fourth-order valence-electron chi connectivity index (χ4n) is 3.71. The first-order valence-corrected chi connectivity index (χ1v) is 9.32. The van der Waals surface area contributed by atoms with Crippen LogP contribution in [0.2, 0.25) is 0 Å². The Morgan fingerprint density at radius 3 is 2.92 bits per heavy atom. The molecule has 0 spiro atoms. The Bertz CT molecular complexity index is 769. The Morgan fingerprint density at radius 1 is 1.48 bits per heavy atom. The number of hydrogen-bond acceptors (Lipinski definition) is 4. The molecule has 1 aliphatic heterocycles. The molecule has 1 saturated heterocycles. The van der Waals surface area contributed by atoms with Crippen molar-refractivity contribution in [1.29, 1.82) is 0 Å². The van der Waals surface area contributed by atoms with E-state index in [1.807, 2.05) is 22.6 Å². The third-order valence-corrected chi connectivity index (χ3v) is 5.44. The lowest BCUT2D eigenvalue weighted by Crippen LogP contribution is -2.49. The molecule has 2 N–H and O–H groups in total. The topological polar surface area (TPSA) is 77.0 Å². The number of aryl methyl sites for hydroxylation is 1. The van der Waals surface area contributed by atoms with E-state index < -0.39 is 0 Å². The van der Waals surface area contributed by atoms with E-state index in [2.05, 4.69) is 30.9 Å². The Balaban J connectivity index is 2.03. The number of nitrogens with two attached hydrogens (primary N) is 1. The molecule has 3 rings (SSSR count). The lowest BCUT2D eigenvalue weighted by atomic mass is 9.91. The first kappa shape index (κ1) is 17.9. The number of rotatable bonds is 4. The van der Waals surface area contributed by atoms with E-state index in [1.54, 1.807) is 6.20 Å². The van der Waals surface area contributed by atoms with Crippen LogP contribution in [0.4, 0.5) is 0 Å². The smallest absolute Gasteiger partial charge is 0.255 e. The summed E-state index contributed by atoms with van der Waals surface area (Å²) in [5, 5.41) is 5.34. The maximum absolute atomic E-state index is 13.3. The maximum atomic E-state index is 13.3. The quantitative estimate of drug-likeness (QED) is 0.926. The van der Waals surface area contributed by atoms with Gasteiger partial charge in [-0.25, -0.2) is 9.67 Å². The minimum absolute atomic E-state index is 0.0570. The fourth-order valence-corrected chi connectivity index (χ4v) is 3.71. The van der Waals surface area contributed by atoms with E-state index in [9.17, 15) is 4.79 Å². The molecule has 3 unspecified atom stereocenters. The molecule has 1 fully saturated rings. The molecule has 3 heterocycles. The van der Waals surface area contributed by atoms with Crippen molar-refractivity contribution in [3.63, 3.8) is 0 Å². The number of fused-ring (bicyclic) bond motifs is 1. The van der Waals surface area contributed by atoms with Gasteiger partial charge in [0.2, 0.25) is 0 Å². The van der Waals surface area contributed by atoms with Gasteiger partial charge in [-0.2, -0.15) is 5.10 Å². The molecule has 25 heavy (non-hydrogen) atoms. The SMILES string of the molecule is CCC(C)n1ncc2c(C(=O)N3CCC(C)CC3CN)cc(C)nc21. The normalized spacial score (nSPS) is 22.4. The van der Waals surface area contributed by atoms with Crippen LogP contribution < -0.4 is 5.73 Å². The largest absolute Gasteiger partial charge is 0.334 e. The molecule has 2 aromatic rings. The third-order valence-electron chi connectivity index (χ3n) is 5.44. The van der Waals surface area contributed by atoms with E-state index in [0.29, 0.717) is 18.0 Å². The van der Waals surface area contributed by atoms with Gasteiger partial charge in [-0.05, 0) is 45.1 Å². The van der Waals surface area contributed by atoms with Crippen LogP contribution >= 0.6 is 0 Å². The number of likely N-dealkylation sites (tertiary alicyclic amines) is 1. The minimum Gasteiger partial charge on any atom is -0.334 e. The Labute approximate surface area is 149 Å². The zero-order valence-corrected chi connectivity index (χ0v) is 15.7. The van der Waals surface area contributed by atoms with Crippen molar-refractivity contribution in [2.75, 3.05) is 13.1 Å². The first-order valence-electron chi connectivity index (χ1n) is 9.32.